The van der Waals surface area contributed by atoms with Crippen LogP contribution >= 0.6 is 15.9 Å². The molecule has 0 unspecified atom stereocenters. The molecule has 4 aromatic rings. The molecule has 0 saturated heterocycles. The molecular weight excluding hydrogens is 508 g/mol. The molecule has 0 bridgehead atoms. The number of benzene rings is 2. The number of hydrogen-bond acceptors (Lipinski definition) is 4. The van der Waals surface area contributed by atoms with Gasteiger partial charge in [-0.05, 0) is 49.7 Å². The maximum absolute atomic E-state index is 13.0. The maximum atomic E-state index is 13.0. The average molecular weight is 533 g/mol. The summed E-state index contributed by atoms with van der Waals surface area (Å²) >= 11 is 3.43. The zero-order valence-electron chi connectivity index (χ0n) is 19.2. The zero-order chi connectivity index (χ0) is 24.6. The maximum Gasteiger partial charge on any atom is 0.267 e. The van der Waals surface area contributed by atoms with E-state index in [0.29, 0.717) is 23.6 Å². The lowest BCUT2D eigenvalue weighted by Crippen LogP contribution is -2.35. The van der Waals surface area contributed by atoms with Crippen molar-refractivity contribution in [2.75, 3.05) is 6.54 Å². The molecule has 0 atom stereocenters. The number of aryl methyl sites for hydroxylation is 2. The SMILES string of the molecule is Cc1ccc(C(=O)NC(=Cc2ccc(-c3ccc(Br)cc3)o2)C(=O)NCCCn2ccnc2)cc1. The molecule has 35 heavy (non-hydrogen) atoms. The number of rotatable bonds is 9. The van der Waals surface area contributed by atoms with E-state index in [-0.39, 0.29) is 11.6 Å². The predicted molar refractivity (Wildman–Crippen MR) is 138 cm³/mol. The Morgan fingerprint density at radius 1 is 1.06 bits per heavy atom. The minimum absolute atomic E-state index is 0.106. The Morgan fingerprint density at radius 3 is 2.54 bits per heavy atom. The molecule has 0 spiro atoms. The molecule has 178 valence electrons. The summed E-state index contributed by atoms with van der Waals surface area (Å²) in [4.78, 5) is 29.8. The van der Waals surface area contributed by atoms with Gasteiger partial charge >= 0.3 is 0 Å². The summed E-state index contributed by atoms with van der Waals surface area (Å²) in [6, 6.07) is 18.5. The van der Waals surface area contributed by atoms with Crippen molar-refractivity contribution >= 4 is 33.8 Å². The molecule has 2 aromatic heterocycles. The lowest BCUT2D eigenvalue weighted by Gasteiger charge is -2.11. The average Bonchev–Trinajstić information content (AvgIpc) is 3.54. The minimum Gasteiger partial charge on any atom is -0.457 e. The van der Waals surface area contributed by atoms with E-state index < -0.39 is 5.91 Å². The van der Waals surface area contributed by atoms with Crippen molar-refractivity contribution in [2.45, 2.75) is 19.9 Å². The molecule has 0 aliphatic rings. The largest absolute Gasteiger partial charge is 0.457 e. The number of furan rings is 1. The van der Waals surface area contributed by atoms with Gasteiger partial charge in [0, 0.05) is 47.2 Å². The van der Waals surface area contributed by atoms with Crippen molar-refractivity contribution in [3.05, 3.63) is 106 Å². The first-order valence-corrected chi connectivity index (χ1v) is 12.0. The Hall–Kier alpha value is -3.91. The number of aromatic nitrogens is 2. The van der Waals surface area contributed by atoms with E-state index in [2.05, 4.69) is 31.5 Å². The molecule has 0 aliphatic carbocycles. The fourth-order valence-electron chi connectivity index (χ4n) is 3.38. The van der Waals surface area contributed by atoms with Gasteiger partial charge in [-0.2, -0.15) is 0 Å². The monoisotopic (exact) mass is 532 g/mol. The fraction of sp³-hybridized carbons (Fsp3) is 0.148. The van der Waals surface area contributed by atoms with E-state index in [1.807, 2.05) is 60.2 Å². The number of carbonyl (C=O) groups is 2. The van der Waals surface area contributed by atoms with Crippen LogP contribution in [0.5, 0.6) is 0 Å². The highest BCUT2D eigenvalue weighted by Gasteiger charge is 2.16. The first kappa shape index (κ1) is 24.2. The number of nitrogens with one attached hydrogen (secondary N) is 2. The molecule has 8 heteroatoms. The Balaban J connectivity index is 1.50. The van der Waals surface area contributed by atoms with Crippen LogP contribution in [0.15, 0.2) is 94.0 Å². The van der Waals surface area contributed by atoms with E-state index in [4.69, 9.17) is 4.42 Å². The van der Waals surface area contributed by atoms with E-state index in [9.17, 15) is 9.59 Å². The topological polar surface area (TPSA) is 89.2 Å². The highest BCUT2D eigenvalue weighted by molar-refractivity contribution is 9.10. The third-order valence-electron chi connectivity index (χ3n) is 5.29. The third kappa shape index (κ3) is 6.80. The van der Waals surface area contributed by atoms with Gasteiger partial charge in [-0.25, -0.2) is 4.98 Å². The fourth-order valence-corrected chi connectivity index (χ4v) is 3.64. The zero-order valence-corrected chi connectivity index (χ0v) is 20.8. The van der Waals surface area contributed by atoms with Gasteiger partial charge < -0.3 is 19.6 Å². The Morgan fingerprint density at radius 2 is 1.83 bits per heavy atom. The van der Waals surface area contributed by atoms with Gasteiger partial charge in [0.25, 0.3) is 11.8 Å². The summed E-state index contributed by atoms with van der Waals surface area (Å²) in [6.07, 6.45) is 7.57. The van der Waals surface area contributed by atoms with Crippen LogP contribution in [-0.4, -0.2) is 27.9 Å². The number of carbonyl (C=O) groups excluding carboxylic acids is 2. The van der Waals surface area contributed by atoms with Gasteiger partial charge in [-0.3, -0.25) is 9.59 Å². The summed E-state index contributed by atoms with van der Waals surface area (Å²) in [5.41, 5.74) is 2.52. The van der Waals surface area contributed by atoms with Gasteiger partial charge in [0.1, 0.15) is 17.2 Å². The number of hydrogen-bond donors (Lipinski definition) is 2. The molecule has 2 amide bonds. The van der Waals surface area contributed by atoms with Crippen molar-refractivity contribution in [3.8, 4) is 11.3 Å². The second-order valence-corrected chi connectivity index (χ2v) is 8.91. The summed E-state index contributed by atoms with van der Waals surface area (Å²) < 4.78 is 8.84. The van der Waals surface area contributed by atoms with Crippen LogP contribution in [-0.2, 0) is 11.3 Å². The summed E-state index contributed by atoms with van der Waals surface area (Å²) in [5, 5.41) is 5.61. The van der Waals surface area contributed by atoms with Crippen LogP contribution in [0.3, 0.4) is 0 Å². The number of halogens is 1. The Kier molecular flexibility index (Phi) is 7.95. The molecular formula is C27H25BrN4O3. The third-order valence-corrected chi connectivity index (χ3v) is 5.82. The normalized spacial score (nSPS) is 11.3. The van der Waals surface area contributed by atoms with E-state index >= 15 is 0 Å². The van der Waals surface area contributed by atoms with Crippen molar-refractivity contribution in [3.63, 3.8) is 0 Å². The van der Waals surface area contributed by atoms with Crippen LogP contribution in [0, 0.1) is 6.92 Å². The Labute approximate surface area is 212 Å². The number of nitrogens with zero attached hydrogens (tertiary/aromatic N) is 2. The standard InChI is InChI=1S/C27H25BrN4O3/c1-19-3-5-21(6-4-19)26(33)31-24(27(34)30-13-2-15-32-16-14-29-18-32)17-23-11-12-25(35-23)20-7-9-22(28)10-8-20/h3-12,14,16-18H,2,13,15H2,1H3,(H,30,34)(H,31,33). The highest BCUT2D eigenvalue weighted by Crippen LogP contribution is 2.25. The van der Waals surface area contributed by atoms with Crippen LogP contribution in [0.4, 0.5) is 0 Å². The number of imidazole rings is 1. The van der Waals surface area contributed by atoms with Crippen molar-refractivity contribution < 1.29 is 14.0 Å². The summed E-state index contributed by atoms with van der Waals surface area (Å²) in [5.74, 6) is 0.353. The highest BCUT2D eigenvalue weighted by atomic mass is 79.9. The molecule has 0 radical (unpaired) electrons. The first-order valence-electron chi connectivity index (χ1n) is 11.2. The van der Waals surface area contributed by atoms with Gasteiger partial charge in [0.2, 0.25) is 0 Å². The summed E-state index contributed by atoms with van der Waals surface area (Å²) in [7, 11) is 0. The van der Waals surface area contributed by atoms with E-state index in [1.165, 1.54) is 0 Å². The van der Waals surface area contributed by atoms with E-state index in [0.717, 1.165) is 28.6 Å². The van der Waals surface area contributed by atoms with Gasteiger partial charge in [-0.1, -0.05) is 45.8 Å². The molecule has 2 N–H and O–H groups in total. The van der Waals surface area contributed by atoms with Gasteiger partial charge in [0.05, 0.1) is 6.33 Å². The van der Waals surface area contributed by atoms with Crippen molar-refractivity contribution in [1.82, 2.24) is 20.2 Å². The van der Waals surface area contributed by atoms with Crippen molar-refractivity contribution in [1.29, 1.82) is 0 Å². The molecule has 7 nitrogen and oxygen atoms in total. The molecule has 4 rings (SSSR count). The quantitative estimate of drug-likeness (QED) is 0.229. The second-order valence-electron chi connectivity index (χ2n) is 8.00. The van der Waals surface area contributed by atoms with Crippen LogP contribution in [0.1, 0.15) is 28.1 Å². The first-order chi connectivity index (χ1) is 17.0. The van der Waals surface area contributed by atoms with Gasteiger partial charge in [0.15, 0.2) is 0 Å². The summed E-state index contributed by atoms with van der Waals surface area (Å²) in [6.45, 7) is 3.12. The molecule has 0 aliphatic heterocycles. The number of amides is 2. The molecule has 2 heterocycles. The minimum atomic E-state index is -0.391. The lowest BCUT2D eigenvalue weighted by molar-refractivity contribution is -0.117. The van der Waals surface area contributed by atoms with E-state index in [1.54, 1.807) is 36.8 Å². The predicted octanol–water partition coefficient (Wildman–Crippen LogP) is 5.19. The van der Waals surface area contributed by atoms with Crippen LogP contribution in [0.2, 0.25) is 0 Å². The Bertz CT molecular complexity index is 1310. The lowest BCUT2D eigenvalue weighted by atomic mass is 10.1. The molecule has 0 fully saturated rings. The second kappa shape index (κ2) is 11.5. The van der Waals surface area contributed by atoms with Gasteiger partial charge in [-0.15, -0.1) is 0 Å². The van der Waals surface area contributed by atoms with Crippen LogP contribution in [0.25, 0.3) is 17.4 Å². The smallest absolute Gasteiger partial charge is 0.267 e. The molecule has 2 aromatic carbocycles. The van der Waals surface area contributed by atoms with Crippen LogP contribution < -0.4 is 10.6 Å². The van der Waals surface area contributed by atoms with Crippen molar-refractivity contribution in [2.24, 2.45) is 0 Å². The molecule has 0 saturated carbocycles.